The van der Waals surface area contributed by atoms with Gasteiger partial charge in [0.2, 0.25) is 0 Å². The van der Waals surface area contributed by atoms with Crippen LogP contribution in [0.4, 0.5) is 17.1 Å². The minimum absolute atomic E-state index is 1.07. The molecule has 17 rings (SSSR count). The highest BCUT2D eigenvalue weighted by atomic mass is 15.1. The fourth-order valence-electron chi connectivity index (χ4n) is 13.6. The lowest BCUT2D eigenvalue weighted by Gasteiger charge is -2.28. The number of benzene rings is 14. The molecule has 0 atom stereocenters. The number of fused-ring (bicyclic) bond motifs is 10. The average Bonchev–Trinajstić information content (AvgIpc) is 1.89. The SMILES string of the molecule is c1ccc(-n2c3ccccc3c3cc(-c4ccc(-c5ccc(N(c6ccc(-c7ccc8c9ccccc9n(-c9ccccc9)c8c7)cc6)c6ccc(-c7ccc8c9ccccc9n(-c9ccccc9)c8c7)c7ccccc67)cc5)cc4)ccc32)cc1. The van der Waals surface area contributed by atoms with E-state index in [1.165, 1.54) is 110 Å². The first-order chi connectivity index (χ1) is 42.7. The van der Waals surface area contributed by atoms with Crippen molar-refractivity contribution in [3.05, 3.63) is 328 Å². The van der Waals surface area contributed by atoms with Gasteiger partial charge in [-0.05, 0) is 159 Å². The number of para-hydroxylation sites is 6. The molecule has 0 amide bonds. The van der Waals surface area contributed by atoms with Gasteiger partial charge in [-0.15, -0.1) is 0 Å². The molecule has 17 aromatic rings. The maximum absolute atomic E-state index is 2.43. The molecule has 4 nitrogen and oxygen atoms in total. The second-order valence-electron chi connectivity index (χ2n) is 22.4. The molecule has 0 spiro atoms. The van der Waals surface area contributed by atoms with Crippen molar-refractivity contribution in [2.75, 3.05) is 4.90 Å². The van der Waals surface area contributed by atoms with Crippen molar-refractivity contribution in [3.8, 4) is 61.6 Å². The normalized spacial score (nSPS) is 11.7. The van der Waals surface area contributed by atoms with Crippen LogP contribution in [0.1, 0.15) is 0 Å². The van der Waals surface area contributed by atoms with Gasteiger partial charge in [-0.25, -0.2) is 0 Å². The summed E-state index contributed by atoms with van der Waals surface area (Å²) < 4.78 is 7.17. The molecule has 14 aromatic carbocycles. The third-order valence-electron chi connectivity index (χ3n) is 17.7. The lowest BCUT2D eigenvalue weighted by molar-refractivity contribution is 1.18. The van der Waals surface area contributed by atoms with Crippen LogP contribution in [-0.4, -0.2) is 13.7 Å². The Balaban J connectivity index is 0.761. The molecule has 0 fully saturated rings. The Hall–Kier alpha value is -11.5. The standard InChI is InChI=1S/C82H54N4/c1-4-18-62(19-5-1)84-78-31-17-14-28-72(78)75-52-59(42-50-80(75)84)57-34-32-55(33-35-57)56-36-43-65(44-37-56)83(66-45-38-58(39-46-66)60-40-47-73-70-26-12-15-29-76(70)85(81(73)53-60)63-20-6-2-7-21-63)79-51-49-67(68-24-10-11-25-69(68)79)61-41-48-74-71-27-13-16-30-77(71)86(82(74)54-61)64-22-8-3-9-23-64/h1-54H. The summed E-state index contributed by atoms with van der Waals surface area (Å²) in [5, 5.41) is 9.83. The third kappa shape index (κ3) is 8.07. The van der Waals surface area contributed by atoms with Gasteiger partial charge in [-0.2, -0.15) is 0 Å². The Labute approximate surface area is 498 Å². The van der Waals surface area contributed by atoms with Crippen LogP contribution in [0.15, 0.2) is 328 Å². The molecule has 0 aliphatic carbocycles. The Kier molecular flexibility index (Phi) is 11.5. The monoisotopic (exact) mass is 1090 g/mol. The zero-order valence-corrected chi connectivity index (χ0v) is 47.0. The molecule has 0 aliphatic heterocycles. The molecule has 0 unspecified atom stereocenters. The first-order valence-electron chi connectivity index (χ1n) is 29.6. The summed E-state index contributed by atoms with van der Waals surface area (Å²) in [4.78, 5) is 2.43. The Morgan fingerprint density at radius 1 is 0.186 bits per heavy atom. The van der Waals surface area contributed by atoms with Gasteiger partial charge in [0.1, 0.15) is 0 Å². The lowest BCUT2D eigenvalue weighted by atomic mass is 9.95. The highest BCUT2D eigenvalue weighted by molar-refractivity contribution is 6.14. The molecular weight excluding hydrogens is 1040 g/mol. The quantitative estimate of drug-likeness (QED) is 0.133. The van der Waals surface area contributed by atoms with E-state index in [1.807, 2.05) is 0 Å². The summed E-state index contributed by atoms with van der Waals surface area (Å²) in [6.45, 7) is 0. The van der Waals surface area contributed by atoms with Gasteiger partial charge in [0, 0.05) is 66.1 Å². The van der Waals surface area contributed by atoms with Crippen molar-refractivity contribution in [2.45, 2.75) is 0 Å². The van der Waals surface area contributed by atoms with E-state index in [0.29, 0.717) is 0 Å². The fraction of sp³-hybridized carbons (Fsp3) is 0. The molecule has 0 aliphatic rings. The molecule has 4 heteroatoms. The van der Waals surface area contributed by atoms with Gasteiger partial charge in [0.15, 0.2) is 0 Å². The summed E-state index contributed by atoms with van der Waals surface area (Å²) in [5.74, 6) is 0. The van der Waals surface area contributed by atoms with Crippen molar-refractivity contribution in [2.24, 2.45) is 0 Å². The van der Waals surface area contributed by atoms with E-state index in [9.17, 15) is 0 Å². The molecule has 0 saturated carbocycles. The number of hydrogen-bond acceptors (Lipinski definition) is 1. The summed E-state index contributed by atoms with van der Waals surface area (Å²) in [7, 11) is 0. The van der Waals surface area contributed by atoms with Crippen molar-refractivity contribution < 1.29 is 0 Å². The topological polar surface area (TPSA) is 18.0 Å². The summed E-state index contributed by atoms with van der Waals surface area (Å²) in [6.07, 6.45) is 0. The van der Waals surface area contributed by atoms with Crippen LogP contribution in [0, 0.1) is 0 Å². The molecule has 0 N–H and O–H groups in total. The van der Waals surface area contributed by atoms with Crippen molar-refractivity contribution >= 4 is 93.3 Å². The van der Waals surface area contributed by atoms with E-state index in [1.54, 1.807) is 0 Å². The van der Waals surface area contributed by atoms with Crippen LogP contribution in [-0.2, 0) is 0 Å². The minimum Gasteiger partial charge on any atom is -0.310 e. The van der Waals surface area contributed by atoms with Gasteiger partial charge in [0.25, 0.3) is 0 Å². The van der Waals surface area contributed by atoms with Crippen LogP contribution < -0.4 is 4.90 Å². The molecule has 86 heavy (non-hydrogen) atoms. The zero-order valence-electron chi connectivity index (χ0n) is 47.0. The van der Waals surface area contributed by atoms with Gasteiger partial charge in [-0.3, -0.25) is 0 Å². The first kappa shape index (κ1) is 49.2. The zero-order chi connectivity index (χ0) is 56.7. The number of hydrogen-bond donors (Lipinski definition) is 0. The van der Waals surface area contributed by atoms with Crippen LogP contribution >= 0.6 is 0 Å². The molecule has 402 valence electrons. The van der Waals surface area contributed by atoms with E-state index in [0.717, 1.165) is 45.3 Å². The first-order valence-corrected chi connectivity index (χ1v) is 29.6. The van der Waals surface area contributed by atoms with Crippen LogP contribution in [0.25, 0.3) is 138 Å². The Morgan fingerprint density at radius 2 is 0.512 bits per heavy atom. The predicted octanol–water partition coefficient (Wildman–Crippen LogP) is 22.3. The largest absolute Gasteiger partial charge is 0.310 e. The fourth-order valence-corrected chi connectivity index (χ4v) is 13.6. The van der Waals surface area contributed by atoms with Crippen LogP contribution in [0.2, 0.25) is 0 Å². The second kappa shape index (κ2) is 20.2. The van der Waals surface area contributed by atoms with Gasteiger partial charge < -0.3 is 18.6 Å². The van der Waals surface area contributed by atoms with Crippen LogP contribution in [0.5, 0.6) is 0 Å². The van der Waals surface area contributed by atoms with Crippen molar-refractivity contribution in [1.82, 2.24) is 13.7 Å². The predicted molar refractivity (Wildman–Crippen MR) is 363 cm³/mol. The van der Waals surface area contributed by atoms with Crippen LogP contribution in [0.3, 0.4) is 0 Å². The molecule has 0 radical (unpaired) electrons. The average molecular weight is 1100 g/mol. The van der Waals surface area contributed by atoms with Crippen molar-refractivity contribution in [1.29, 1.82) is 0 Å². The van der Waals surface area contributed by atoms with E-state index >= 15 is 0 Å². The maximum Gasteiger partial charge on any atom is 0.0547 e. The molecule has 0 bridgehead atoms. The van der Waals surface area contributed by atoms with Gasteiger partial charge in [0.05, 0.1) is 38.8 Å². The highest BCUT2D eigenvalue weighted by Gasteiger charge is 2.21. The third-order valence-corrected chi connectivity index (χ3v) is 17.7. The minimum atomic E-state index is 1.07. The van der Waals surface area contributed by atoms with Crippen molar-refractivity contribution in [3.63, 3.8) is 0 Å². The van der Waals surface area contributed by atoms with E-state index in [4.69, 9.17) is 0 Å². The molecule has 0 saturated heterocycles. The van der Waals surface area contributed by atoms with E-state index < -0.39 is 0 Å². The smallest absolute Gasteiger partial charge is 0.0547 e. The number of rotatable bonds is 10. The summed E-state index contributed by atoms with van der Waals surface area (Å²) in [5.41, 5.74) is 23.3. The van der Waals surface area contributed by atoms with Gasteiger partial charge in [-0.1, -0.05) is 218 Å². The number of aromatic nitrogens is 3. The summed E-state index contributed by atoms with van der Waals surface area (Å²) >= 11 is 0. The number of nitrogens with zero attached hydrogens (tertiary/aromatic N) is 4. The van der Waals surface area contributed by atoms with E-state index in [-0.39, 0.29) is 0 Å². The maximum atomic E-state index is 2.43. The Bertz CT molecular complexity index is 5420. The van der Waals surface area contributed by atoms with E-state index in [2.05, 4.69) is 346 Å². The molecular formula is C82H54N4. The Morgan fingerprint density at radius 3 is 1.01 bits per heavy atom. The molecule has 3 heterocycles. The second-order valence-corrected chi connectivity index (χ2v) is 22.4. The van der Waals surface area contributed by atoms with Gasteiger partial charge >= 0.3 is 0 Å². The summed E-state index contributed by atoms with van der Waals surface area (Å²) in [6, 6.07) is 120. The molecule has 3 aromatic heterocycles. The number of anilines is 3. The highest BCUT2D eigenvalue weighted by Crippen LogP contribution is 2.45. The lowest BCUT2D eigenvalue weighted by Crippen LogP contribution is -2.10.